The maximum atomic E-state index is 11.8. The topological polar surface area (TPSA) is 131 Å². The number of carbonyl (C=O) groups excluding carboxylic acids is 1. The highest BCUT2D eigenvalue weighted by Crippen LogP contribution is 2.14. The summed E-state index contributed by atoms with van der Waals surface area (Å²) in [5.74, 6) is -0.373. The van der Waals surface area contributed by atoms with Crippen molar-refractivity contribution in [3.63, 3.8) is 0 Å². The van der Waals surface area contributed by atoms with Crippen molar-refractivity contribution in [1.29, 1.82) is 5.26 Å². The Morgan fingerprint density at radius 2 is 2.12 bits per heavy atom. The number of hydrazone groups is 1. The van der Waals surface area contributed by atoms with Crippen LogP contribution >= 0.6 is 0 Å². The van der Waals surface area contributed by atoms with Crippen molar-refractivity contribution in [2.75, 3.05) is 0 Å². The molecule has 1 atom stereocenters. The first-order valence-corrected chi connectivity index (χ1v) is 6.73. The molecule has 9 heteroatoms. The Hall–Kier alpha value is -3.67. The van der Waals surface area contributed by atoms with E-state index in [1.54, 1.807) is 24.3 Å². The standard InChI is InChI=1S/C15H12N4O5/c1-10(23-12-4-2-11(8-16)3-5-12)15(20)18-17-9-13-6-7-14(24-13)19(21)22/h2-7,9-10H,1H3,(H,18,20)/b17-9-. The minimum atomic E-state index is -0.832. The van der Waals surface area contributed by atoms with E-state index in [9.17, 15) is 14.9 Å². The molecule has 1 aromatic carbocycles. The summed E-state index contributed by atoms with van der Waals surface area (Å²) in [7, 11) is 0. The fraction of sp³-hybridized carbons (Fsp3) is 0.133. The van der Waals surface area contributed by atoms with Gasteiger partial charge in [-0.1, -0.05) is 0 Å². The Morgan fingerprint density at radius 3 is 2.71 bits per heavy atom. The third-order valence-corrected chi connectivity index (χ3v) is 2.82. The fourth-order valence-electron chi connectivity index (χ4n) is 1.63. The van der Waals surface area contributed by atoms with E-state index in [-0.39, 0.29) is 5.76 Å². The zero-order chi connectivity index (χ0) is 17.5. The highest BCUT2D eigenvalue weighted by molar-refractivity contribution is 5.83. The van der Waals surface area contributed by atoms with E-state index in [0.29, 0.717) is 11.3 Å². The first-order valence-electron chi connectivity index (χ1n) is 6.73. The second-order valence-electron chi connectivity index (χ2n) is 4.56. The van der Waals surface area contributed by atoms with Crippen LogP contribution in [0.5, 0.6) is 5.75 Å². The maximum absolute atomic E-state index is 11.8. The number of carbonyl (C=O) groups is 1. The SMILES string of the molecule is CC(Oc1ccc(C#N)cc1)C(=O)N/N=C\c1ccc([N+](=O)[O-])o1. The zero-order valence-electron chi connectivity index (χ0n) is 12.5. The van der Waals surface area contributed by atoms with E-state index < -0.39 is 22.8 Å². The van der Waals surface area contributed by atoms with E-state index in [1.807, 2.05) is 6.07 Å². The van der Waals surface area contributed by atoms with Crippen LogP contribution in [0.4, 0.5) is 5.88 Å². The third-order valence-electron chi connectivity index (χ3n) is 2.82. The van der Waals surface area contributed by atoms with Gasteiger partial charge in [-0.3, -0.25) is 14.9 Å². The molecule has 0 aliphatic carbocycles. The summed E-state index contributed by atoms with van der Waals surface area (Å²) >= 11 is 0. The fourth-order valence-corrected chi connectivity index (χ4v) is 1.63. The van der Waals surface area contributed by atoms with Gasteiger partial charge in [0.05, 0.1) is 23.9 Å². The normalized spacial score (nSPS) is 11.7. The minimum absolute atomic E-state index is 0.127. The number of rotatable bonds is 6. The average Bonchev–Trinajstić information content (AvgIpc) is 3.04. The van der Waals surface area contributed by atoms with Crippen molar-refractivity contribution >= 4 is 18.0 Å². The predicted octanol–water partition coefficient (Wildman–Crippen LogP) is 1.98. The predicted molar refractivity (Wildman–Crippen MR) is 82.3 cm³/mol. The molecule has 24 heavy (non-hydrogen) atoms. The molecule has 1 N–H and O–H groups in total. The number of nitro groups is 1. The van der Waals surface area contributed by atoms with Crippen LogP contribution in [0.3, 0.4) is 0 Å². The lowest BCUT2D eigenvalue weighted by atomic mass is 10.2. The van der Waals surface area contributed by atoms with E-state index in [0.717, 1.165) is 6.21 Å². The molecule has 0 aliphatic heterocycles. The van der Waals surface area contributed by atoms with Crippen LogP contribution < -0.4 is 10.2 Å². The molecular weight excluding hydrogens is 316 g/mol. The molecule has 1 aromatic heterocycles. The van der Waals surface area contributed by atoms with Gasteiger partial charge in [0.2, 0.25) is 0 Å². The zero-order valence-corrected chi connectivity index (χ0v) is 12.5. The summed E-state index contributed by atoms with van der Waals surface area (Å²) in [6.07, 6.45) is 0.306. The van der Waals surface area contributed by atoms with Crippen LogP contribution in [0.15, 0.2) is 45.9 Å². The van der Waals surface area contributed by atoms with Crippen LogP contribution in [-0.4, -0.2) is 23.1 Å². The molecule has 0 spiro atoms. The molecule has 1 amide bonds. The lowest BCUT2D eigenvalue weighted by Gasteiger charge is -2.12. The van der Waals surface area contributed by atoms with Gasteiger partial charge in [0.15, 0.2) is 11.9 Å². The maximum Gasteiger partial charge on any atom is 0.433 e. The number of amides is 1. The Balaban J connectivity index is 1.87. The van der Waals surface area contributed by atoms with Gasteiger partial charge >= 0.3 is 5.88 Å². The molecule has 0 aliphatic rings. The first kappa shape index (κ1) is 16.7. The third kappa shape index (κ3) is 4.41. The van der Waals surface area contributed by atoms with Crippen LogP contribution in [-0.2, 0) is 4.79 Å². The molecule has 9 nitrogen and oxygen atoms in total. The molecule has 2 aromatic rings. The highest BCUT2D eigenvalue weighted by Gasteiger charge is 2.14. The number of furan rings is 1. The molecule has 1 heterocycles. The largest absolute Gasteiger partial charge is 0.481 e. The van der Waals surface area contributed by atoms with Crippen LogP contribution in [0.1, 0.15) is 18.2 Å². The number of hydrogen-bond acceptors (Lipinski definition) is 7. The van der Waals surface area contributed by atoms with Gasteiger partial charge in [0.1, 0.15) is 10.7 Å². The summed E-state index contributed by atoms with van der Waals surface area (Å²) in [6, 6.07) is 10.8. The first-order chi connectivity index (χ1) is 11.5. The number of nitrogens with one attached hydrogen (secondary N) is 1. The van der Waals surface area contributed by atoms with Crippen molar-refractivity contribution in [1.82, 2.24) is 5.43 Å². The van der Waals surface area contributed by atoms with E-state index in [2.05, 4.69) is 10.5 Å². The quantitative estimate of drug-likeness (QED) is 0.490. The molecule has 122 valence electrons. The highest BCUT2D eigenvalue weighted by atomic mass is 16.6. The number of benzene rings is 1. The number of ether oxygens (including phenoxy) is 1. The van der Waals surface area contributed by atoms with Gasteiger partial charge in [-0.2, -0.15) is 10.4 Å². The molecule has 0 fully saturated rings. The minimum Gasteiger partial charge on any atom is -0.481 e. The van der Waals surface area contributed by atoms with Crippen LogP contribution in [0, 0.1) is 21.4 Å². The van der Waals surface area contributed by atoms with E-state index in [1.165, 1.54) is 19.1 Å². The summed E-state index contributed by atoms with van der Waals surface area (Å²) in [6.45, 7) is 1.53. The van der Waals surface area contributed by atoms with E-state index >= 15 is 0 Å². The lowest BCUT2D eigenvalue weighted by Crippen LogP contribution is -2.33. The van der Waals surface area contributed by atoms with Gasteiger partial charge < -0.3 is 9.15 Å². The van der Waals surface area contributed by atoms with E-state index in [4.69, 9.17) is 14.4 Å². The van der Waals surface area contributed by atoms with Crippen LogP contribution in [0.2, 0.25) is 0 Å². The molecule has 2 rings (SSSR count). The number of nitrogens with zero attached hydrogens (tertiary/aromatic N) is 3. The van der Waals surface area contributed by atoms with Crippen molar-refractivity contribution in [2.45, 2.75) is 13.0 Å². The average molecular weight is 328 g/mol. The summed E-state index contributed by atoms with van der Waals surface area (Å²) in [4.78, 5) is 21.6. The second kappa shape index (κ2) is 7.55. The van der Waals surface area contributed by atoms with Gasteiger partial charge in [0.25, 0.3) is 5.91 Å². The van der Waals surface area contributed by atoms with Gasteiger partial charge in [-0.05, 0) is 37.3 Å². The Bertz CT molecular complexity index is 804. The van der Waals surface area contributed by atoms with Gasteiger partial charge in [-0.25, -0.2) is 5.43 Å². The number of nitriles is 1. The molecule has 0 bridgehead atoms. The monoisotopic (exact) mass is 328 g/mol. The number of hydrogen-bond donors (Lipinski definition) is 1. The van der Waals surface area contributed by atoms with Crippen molar-refractivity contribution in [2.24, 2.45) is 5.10 Å². The molecule has 0 radical (unpaired) electrons. The van der Waals surface area contributed by atoms with Gasteiger partial charge in [-0.15, -0.1) is 0 Å². The van der Waals surface area contributed by atoms with Crippen LogP contribution in [0.25, 0.3) is 0 Å². The van der Waals surface area contributed by atoms with Crippen molar-refractivity contribution in [3.8, 4) is 11.8 Å². The molecule has 1 unspecified atom stereocenters. The van der Waals surface area contributed by atoms with Gasteiger partial charge in [0, 0.05) is 0 Å². The summed E-state index contributed by atoms with van der Waals surface area (Å²) in [5.41, 5.74) is 2.72. The Labute approximate surface area is 136 Å². The second-order valence-corrected chi connectivity index (χ2v) is 4.56. The summed E-state index contributed by atoms with van der Waals surface area (Å²) in [5, 5.41) is 22.8. The molecule has 0 saturated carbocycles. The molecular formula is C15H12N4O5. The Kier molecular flexibility index (Phi) is 5.25. The van der Waals surface area contributed by atoms with Crippen molar-refractivity contribution < 1.29 is 18.9 Å². The summed E-state index contributed by atoms with van der Waals surface area (Å²) < 4.78 is 10.3. The molecule has 0 saturated heterocycles. The van der Waals surface area contributed by atoms with Crippen molar-refractivity contribution in [3.05, 3.63) is 57.8 Å². The smallest absolute Gasteiger partial charge is 0.433 e. The Morgan fingerprint density at radius 1 is 1.42 bits per heavy atom. The lowest BCUT2D eigenvalue weighted by molar-refractivity contribution is -0.402.